The minimum atomic E-state index is -0.425. The molecule has 0 aliphatic carbocycles. The normalized spacial score (nSPS) is 19.3. The number of anilines is 1. The van der Waals surface area contributed by atoms with Gasteiger partial charge in [-0.15, -0.1) is 0 Å². The molecule has 2 aliphatic rings. The molecule has 1 N–H and O–H groups in total. The zero-order valence-corrected chi connectivity index (χ0v) is 11.0. The number of nitrogens with one attached hydrogen (secondary N) is 1. The monoisotopic (exact) mass is 279 g/mol. The van der Waals surface area contributed by atoms with Crippen LogP contribution in [0.3, 0.4) is 0 Å². The number of aryl methyl sites for hydroxylation is 1. The first-order chi connectivity index (χ1) is 9.61. The second-order valence-electron chi connectivity index (χ2n) is 4.79. The topological polar surface area (TPSA) is 78.4 Å². The zero-order chi connectivity index (χ0) is 14.3. The lowest BCUT2D eigenvalue weighted by atomic mass is 10.1. The van der Waals surface area contributed by atoms with Crippen LogP contribution < -0.4 is 10.2 Å². The van der Waals surface area contributed by atoms with Crippen LogP contribution in [0.1, 0.15) is 12.6 Å². The first-order valence-electron chi connectivity index (χ1n) is 6.46. The van der Waals surface area contributed by atoms with Crippen molar-refractivity contribution in [2.45, 2.75) is 19.4 Å². The summed E-state index contributed by atoms with van der Waals surface area (Å²) in [5.41, 5.74) is 0.369. The summed E-state index contributed by atoms with van der Waals surface area (Å²) in [5, 5.41) is 2.47. The number of halogens is 1. The molecular formula is C12H14FN5O2. The van der Waals surface area contributed by atoms with Gasteiger partial charge in [0, 0.05) is 13.1 Å². The number of rotatable bonds is 3. The predicted octanol–water partition coefficient (Wildman–Crippen LogP) is -0.0815. The van der Waals surface area contributed by atoms with Crippen LogP contribution in [-0.2, 0) is 11.2 Å². The van der Waals surface area contributed by atoms with Crippen molar-refractivity contribution in [2.24, 2.45) is 0 Å². The van der Waals surface area contributed by atoms with Crippen molar-refractivity contribution in [3.63, 3.8) is 0 Å². The number of carbonyl (C=O) groups is 2. The molecule has 20 heavy (non-hydrogen) atoms. The van der Waals surface area contributed by atoms with Gasteiger partial charge in [-0.05, 0) is 6.42 Å². The minimum Gasteiger partial charge on any atom is -0.350 e. The second-order valence-corrected chi connectivity index (χ2v) is 4.79. The van der Waals surface area contributed by atoms with Crippen LogP contribution in [0.15, 0.2) is 6.33 Å². The highest BCUT2D eigenvalue weighted by molar-refractivity contribution is 6.02. The van der Waals surface area contributed by atoms with Crippen LogP contribution in [0.5, 0.6) is 0 Å². The quantitative estimate of drug-likeness (QED) is 0.783. The van der Waals surface area contributed by atoms with E-state index in [0.29, 0.717) is 25.2 Å². The van der Waals surface area contributed by atoms with E-state index in [0.717, 1.165) is 0 Å². The summed E-state index contributed by atoms with van der Waals surface area (Å²) in [6.07, 6.45) is 1.82. The number of aromatic nitrogens is 2. The van der Waals surface area contributed by atoms with Crippen molar-refractivity contribution in [3.8, 4) is 0 Å². The van der Waals surface area contributed by atoms with Crippen LogP contribution in [0.4, 0.5) is 15.0 Å². The summed E-state index contributed by atoms with van der Waals surface area (Å²) in [6.45, 7) is 2.66. The van der Waals surface area contributed by atoms with Gasteiger partial charge in [0.2, 0.25) is 5.91 Å². The Morgan fingerprint density at radius 2 is 2.15 bits per heavy atom. The Bertz CT molecular complexity index is 557. The molecule has 2 fully saturated rings. The zero-order valence-electron chi connectivity index (χ0n) is 11.0. The lowest BCUT2D eigenvalue weighted by Crippen LogP contribution is -2.61. The molecule has 8 heteroatoms. The molecule has 1 aromatic rings. The number of urea groups is 1. The maximum atomic E-state index is 14.1. The van der Waals surface area contributed by atoms with Crippen LogP contribution in [-0.4, -0.2) is 52.5 Å². The van der Waals surface area contributed by atoms with Crippen LogP contribution in [0, 0.1) is 5.82 Å². The van der Waals surface area contributed by atoms with Crippen molar-refractivity contribution in [3.05, 3.63) is 17.8 Å². The first-order valence-corrected chi connectivity index (χ1v) is 6.46. The molecule has 0 atom stereocenters. The molecule has 2 saturated heterocycles. The number of nitrogens with zero attached hydrogens (tertiary/aromatic N) is 4. The smallest absolute Gasteiger partial charge is 0.324 e. The van der Waals surface area contributed by atoms with E-state index in [2.05, 4.69) is 15.3 Å². The standard InChI is InChI=1S/C12H14FN5O2/c1-2-8-10(13)11(16-6-15-8)17-4-7(5-17)18-9(19)3-14-12(18)20/h6-7H,2-5H2,1H3,(H,14,20). The van der Waals surface area contributed by atoms with Gasteiger partial charge >= 0.3 is 6.03 Å². The van der Waals surface area contributed by atoms with Gasteiger partial charge in [-0.2, -0.15) is 0 Å². The van der Waals surface area contributed by atoms with Crippen molar-refractivity contribution in [2.75, 3.05) is 24.5 Å². The van der Waals surface area contributed by atoms with Gasteiger partial charge in [0.15, 0.2) is 11.6 Å². The third kappa shape index (κ3) is 1.87. The molecule has 1 aromatic heterocycles. The molecule has 0 radical (unpaired) electrons. The van der Waals surface area contributed by atoms with E-state index in [4.69, 9.17) is 0 Å². The number of hydrogen-bond donors (Lipinski definition) is 1. The molecule has 0 spiro atoms. The van der Waals surface area contributed by atoms with Crippen molar-refractivity contribution in [1.82, 2.24) is 20.2 Å². The molecule has 7 nitrogen and oxygen atoms in total. The summed E-state index contributed by atoms with van der Waals surface area (Å²) in [5.74, 6) is -0.428. The Balaban J connectivity index is 1.72. The van der Waals surface area contributed by atoms with Gasteiger partial charge in [-0.1, -0.05) is 6.92 Å². The summed E-state index contributed by atoms with van der Waals surface area (Å²) >= 11 is 0. The second kappa shape index (κ2) is 4.69. The molecule has 3 heterocycles. The Morgan fingerprint density at radius 1 is 1.40 bits per heavy atom. The highest BCUT2D eigenvalue weighted by Gasteiger charge is 2.42. The van der Waals surface area contributed by atoms with Gasteiger partial charge in [0.25, 0.3) is 0 Å². The van der Waals surface area contributed by atoms with Crippen molar-refractivity contribution < 1.29 is 14.0 Å². The van der Waals surface area contributed by atoms with Gasteiger partial charge in [0.05, 0.1) is 18.3 Å². The molecule has 2 aliphatic heterocycles. The fourth-order valence-electron chi connectivity index (χ4n) is 2.46. The average molecular weight is 279 g/mol. The Labute approximate surface area is 114 Å². The number of imide groups is 1. The fraction of sp³-hybridized carbons (Fsp3) is 0.500. The van der Waals surface area contributed by atoms with Gasteiger partial charge < -0.3 is 10.2 Å². The Kier molecular flexibility index (Phi) is 3.00. The number of amides is 3. The molecule has 3 amide bonds. The maximum Gasteiger partial charge on any atom is 0.324 e. The van der Waals surface area contributed by atoms with E-state index < -0.39 is 5.82 Å². The molecule has 0 bridgehead atoms. The fourth-order valence-corrected chi connectivity index (χ4v) is 2.46. The molecule has 0 saturated carbocycles. The first kappa shape index (κ1) is 12.8. The van der Waals surface area contributed by atoms with Crippen molar-refractivity contribution in [1.29, 1.82) is 0 Å². The lowest BCUT2D eigenvalue weighted by Gasteiger charge is -2.43. The largest absolute Gasteiger partial charge is 0.350 e. The van der Waals surface area contributed by atoms with Gasteiger partial charge in [-0.25, -0.2) is 19.2 Å². The third-order valence-electron chi connectivity index (χ3n) is 3.58. The third-order valence-corrected chi connectivity index (χ3v) is 3.58. The van der Waals surface area contributed by atoms with Crippen molar-refractivity contribution >= 4 is 17.8 Å². The Morgan fingerprint density at radius 3 is 2.75 bits per heavy atom. The summed E-state index contributed by atoms with van der Waals surface area (Å²) in [4.78, 5) is 33.8. The Hall–Kier alpha value is -2.25. The molecule has 0 unspecified atom stereocenters. The summed E-state index contributed by atoms with van der Waals surface area (Å²) < 4.78 is 14.1. The summed E-state index contributed by atoms with van der Waals surface area (Å²) in [7, 11) is 0. The van der Waals surface area contributed by atoms with Crippen LogP contribution >= 0.6 is 0 Å². The molecule has 106 valence electrons. The molecule has 3 rings (SSSR count). The van der Waals surface area contributed by atoms with E-state index in [9.17, 15) is 14.0 Å². The number of hydrogen-bond acceptors (Lipinski definition) is 5. The molecular weight excluding hydrogens is 265 g/mol. The predicted molar refractivity (Wildman–Crippen MR) is 67.6 cm³/mol. The minimum absolute atomic E-state index is 0.0389. The van der Waals surface area contributed by atoms with E-state index >= 15 is 0 Å². The number of carbonyl (C=O) groups excluding carboxylic acids is 2. The highest BCUT2D eigenvalue weighted by Crippen LogP contribution is 2.26. The van der Waals surface area contributed by atoms with E-state index in [1.54, 1.807) is 4.90 Å². The molecule has 0 aromatic carbocycles. The van der Waals surface area contributed by atoms with E-state index in [1.807, 2.05) is 6.92 Å². The summed E-state index contributed by atoms with van der Waals surface area (Å²) in [6, 6.07) is -0.596. The van der Waals surface area contributed by atoms with Gasteiger partial charge in [-0.3, -0.25) is 9.69 Å². The van der Waals surface area contributed by atoms with Gasteiger partial charge in [0.1, 0.15) is 6.33 Å². The van der Waals surface area contributed by atoms with E-state index in [1.165, 1.54) is 11.2 Å². The lowest BCUT2D eigenvalue weighted by molar-refractivity contribution is -0.126. The van der Waals surface area contributed by atoms with Crippen LogP contribution in [0.2, 0.25) is 0 Å². The average Bonchev–Trinajstić information content (AvgIpc) is 2.71. The van der Waals surface area contributed by atoms with E-state index in [-0.39, 0.29) is 30.3 Å². The maximum absolute atomic E-state index is 14.1. The SMILES string of the molecule is CCc1ncnc(N2CC(N3C(=O)CNC3=O)C2)c1F. The highest BCUT2D eigenvalue weighted by atomic mass is 19.1. The van der Waals surface area contributed by atoms with Crippen LogP contribution in [0.25, 0.3) is 0 Å².